The highest BCUT2D eigenvalue weighted by Crippen LogP contribution is 2.60. The van der Waals surface area contributed by atoms with Crippen LogP contribution in [0.15, 0.2) is 59.0 Å². The van der Waals surface area contributed by atoms with Crippen LogP contribution in [-0.2, 0) is 10.2 Å². The fourth-order valence-corrected chi connectivity index (χ4v) is 5.89. The summed E-state index contributed by atoms with van der Waals surface area (Å²) in [5.74, 6) is 0. The third kappa shape index (κ3) is 3.39. The summed E-state index contributed by atoms with van der Waals surface area (Å²) >= 11 is 2.04. The molecule has 0 saturated carbocycles. The van der Waals surface area contributed by atoms with Gasteiger partial charge in [-0.15, -0.1) is 11.8 Å². The largest absolute Gasteiger partial charge is 0.306 e. The molecule has 0 radical (unpaired) electrons. The van der Waals surface area contributed by atoms with Crippen molar-refractivity contribution < 1.29 is 0 Å². The number of piperidine rings is 1. The van der Waals surface area contributed by atoms with Crippen molar-refractivity contribution in [3.63, 3.8) is 0 Å². The molecule has 1 saturated heterocycles. The highest BCUT2D eigenvalue weighted by molar-refractivity contribution is 8.01. The molecule has 0 bridgehead atoms. The van der Waals surface area contributed by atoms with Crippen molar-refractivity contribution in [1.29, 1.82) is 0 Å². The van der Waals surface area contributed by atoms with E-state index < -0.39 is 0 Å². The van der Waals surface area contributed by atoms with E-state index in [1.54, 1.807) is 11.1 Å². The molecule has 2 aliphatic rings. The van der Waals surface area contributed by atoms with Gasteiger partial charge in [0.2, 0.25) is 0 Å². The van der Waals surface area contributed by atoms with Gasteiger partial charge in [0.15, 0.2) is 0 Å². The third-order valence-corrected chi connectivity index (χ3v) is 7.60. The van der Waals surface area contributed by atoms with Crippen LogP contribution in [0, 0.1) is 0 Å². The van der Waals surface area contributed by atoms with E-state index in [0.29, 0.717) is 0 Å². The van der Waals surface area contributed by atoms with Crippen molar-refractivity contribution in [1.82, 2.24) is 4.90 Å². The number of benzene rings is 2. The van der Waals surface area contributed by atoms with E-state index in [-0.39, 0.29) is 10.2 Å². The summed E-state index contributed by atoms with van der Waals surface area (Å²) in [7, 11) is 2.24. The molecule has 1 nitrogen and oxygen atoms in total. The van der Waals surface area contributed by atoms with Crippen LogP contribution in [0.3, 0.4) is 0 Å². The van der Waals surface area contributed by atoms with E-state index in [0.717, 1.165) is 0 Å². The minimum atomic E-state index is 0.00530. The van der Waals surface area contributed by atoms with Gasteiger partial charge in [-0.05, 0) is 66.6 Å². The second kappa shape index (κ2) is 6.83. The third-order valence-electron chi connectivity index (χ3n) is 6.17. The van der Waals surface area contributed by atoms with Gasteiger partial charge >= 0.3 is 0 Å². The molecular weight excluding hydrogens is 346 g/mol. The highest BCUT2D eigenvalue weighted by atomic mass is 32.2. The topological polar surface area (TPSA) is 3.24 Å². The Kier molecular flexibility index (Phi) is 4.76. The Bertz CT molecular complexity index is 865. The molecule has 1 fully saturated rings. The monoisotopic (exact) mass is 377 g/mol. The second-order valence-corrected chi connectivity index (χ2v) is 10.7. The average molecular weight is 378 g/mol. The number of fused-ring (bicyclic) bond motifs is 1. The predicted octanol–water partition coefficient (Wildman–Crippen LogP) is 6.48. The Balaban J connectivity index is 1.91. The number of hydrogen-bond acceptors (Lipinski definition) is 2. The highest BCUT2D eigenvalue weighted by Gasteiger charge is 2.42. The Hall–Kier alpha value is -1.51. The maximum atomic E-state index is 2.48. The molecular formula is C25H31NS. The first kappa shape index (κ1) is 18.8. The van der Waals surface area contributed by atoms with E-state index in [1.807, 2.05) is 11.8 Å². The summed E-state index contributed by atoms with van der Waals surface area (Å²) in [5.41, 5.74) is 7.77. The molecule has 2 heteroatoms. The fourth-order valence-electron chi connectivity index (χ4n) is 4.43. The number of nitrogens with zero attached hydrogens (tertiary/aromatic N) is 1. The van der Waals surface area contributed by atoms with Crippen molar-refractivity contribution in [3.8, 4) is 0 Å². The van der Waals surface area contributed by atoms with Gasteiger partial charge in [0.05, 0.1) is 4.75 Å². The molecule has 27 heavy (non-hydrogen) atoms. The molecule has 142 valence electrons. The van der Waals surface area contributed by atoms with Crippen LogP contribution >= 0.6 is 11.8 Å². The lowest BCUT2D eigenvalue weighted by Gasteiger charge is -2.32. The Morgan fingerprint density at radius 3 is 2.26 bits per heavy atom. The zero-order valence-electron chi connectivity index (χ0n) is 17.3. The van der Waals surface area contributed by atoms with Gasteiger partial charge in [0, 0.05) is 18.0 Å². The molecule has 1 atom stereocenters. The van der Waals surface area contributed by atoms with Crippen LogP contribution in [0.4, 0.5) is 0 Å². The quantitative estimate of drug-likeness (QED) is 0.559. The first-order chi connectivity index (χ1) is 12.8. The van der Waals surface area contributed by atoms with Crippen molar-refractivity contribution in [2.24, 2.45) is 0 Å². The lowest BCUT2D eigenvalue weighted by atomic mass is 9.79. The van der Waals surface area contributed by atoms with Crippen molar-refractivity contribution in [2.75, 3.05) is 20.1 Å². The molecule has 0 spiro atoms. The zero-order chi connectivity index (χ0) is 19.2. The van der Waals surface area contributed by atoms with Gasteiger partial charge in [-0.1, -0.05) is 62.7 Å². The van der Waals surface area contributed by atoms with E-state index >= 15 is 0 Å². The standard InChI is InChI=1S/C25H31NS/c1-24(2,3)20-11-12-22-21(17-20)23(18-13-15-26(5)16-14-18)25(4,27-22)19-9-7-6-8-10-19/h6-12,17H,13-16H2,1-5H3. The van der Waals surface area contributed by atoms with Crippen molar-refractivity contribution in [2.45, 2.75) is 55.6 Å². The van der Waals surface area contributed by atoms with E-state index in [2.05, 4.69) is 88.2 Å². The molecule has 2 aromatic rings. The molecule has 0 N–H and O–H groups in total. The van der Waals surface area contributed by atoms with Crippen LogP contribution < -0.4 is 0 Å². The normalized spacial score (nSPS) is 23.6. The first-order valence-corrected chi connectivity index (χ1v) is 10.9. The van der Waals surface area contributed by atoms with Crippen LogP contribution in [0.1, 0.15) is 57.2 Å². The van der Waals surface area contributed by atoms with E-state index in [9.17, 15) is 0 Å². The molecule has 0 amide bonds. The molecule has 0 aliphatic carbocycles. The summed E-state index contributed by atoms with van der Waals surface area (Å²) in [4.78, 5) is 3.90. The predicted molar refractivity (Wildman–Crippen MR) is 118 cm³/mol. The summed E-state index contributed by atoms with van der Waals surface area (Å²) in [6.07, 6.45) is 2.38. The molecule has 4 rings (SSSR count). The SMILES string of the molecule is CN1CCC(=C2c3cc(C(C)(C)C)ccc3SC2(C)c2ccccc2)CC1. The maximum Gasteiger partial charge on any atom is 0.0681 e. The van der Waals surface area contributed by atoms with Crippen LogP contribution in [0.5, 0.6) is 0 Å². The number of likely N-dealkylation sites (tertiary alicyclic amines) is 1. The first-order valence-electron chi connectivity index (χ1n) is 10.1. The minimum Gasteiger partial charge on any atom is -0.306 e. The van der Waals surface area contributed by atoms with Crippen LogP contribution in [0.25, 0.3) is 5.57 Å². The lowest BCUT2D eigenvalue weighted by Crippen LogP contribution is -2.28. The molecule has 2 aromatic carbocycles. The lowest BCUT2D eigenvalue weighted by molar-refractivity contribution is 0.312. The van der Waals surface area contributed by atoms with Crippen LogP contribution in [-0.4, -0.2) is 25.0 Å². The summed E-state index contributed by atoms with van der Waals surface area (Å²) in [5, 5.41) is 0. The Morgan fingerprint density at radius 2 is 1.63 bits per heavy atom. The number of hydrogen-bond donors (Lipinski definition) is 0. The van der Waals surface area contributed by atoms with E-state index in [1.165, 1.54) is 47.5 Å². The van der Waals surface area contributed by atoms with Gasteiger partial charge in [0.25, 0.3) is 0 Å². The van der Waals surface area contributed by atoms with Gasteiger partial charge in [0.1, 0.15) is 0 Å². The summed E-state index contributed by atoms with van der Waals surface area (Å²) in [6.45, 7) is 11.7. The average Bonchev–Trinajstić information content (AvgIpc) is 2.95. The number of rotatable bonds is 1. The fraction of sp³-hybridized carbons (Fsp3) is 0.440. The summed E-state index contributed by atoms with van der Waals surface area (Å²) < 4.78 is 0.00530. The Labute approximate surface area is 168 Å². The van der Waals surface area contributed by atoms with Gasteiger partial charge in [-0.3, -0.25) is 0 Å². The van der Waals surface area contributed by atoms with Gasteiger partial charge < -0.3 is 4.90 Å². The maximum absolute atomic E-state index is 2.48. The summed E-state index contributed by atoms with van der Waals surface area (Å²) in [6, 6.07) is 18.3. The Morgan fingerprint density at radius 1 is 0.963 bits per heavy atom. The minimum absolute atomic E-state index is 0.00530. The second-order valence-electron chi connectivity index (χ2n) is 9.24. The molecule has 2 aliphatic heterocycles. The van der Waals surface area contributed by atoms with Crippen molar-refractivity contribution >= 4 is 17.3 Å². The van der Waals surface area contributed by atoms with Crippen molar-refractivity contribution in [3.05, 3.63) is 70.8 Å². The molecule has 0 aromatic heterocycles. The van der Waals surface area contributed by atoms with Gasteiger partial charge in [-0.2, -0.15) is 0 Å². The van der Waals surface area contributed by atoms with Crippen LogP contribution in [0.2, 0.25) is 0 Å². The molecule has 1 unspecified atom stereocenters. The van der Waals surface area contributed by atoms with Gasteiger partial charge in [-0.25, -0.2) is 0 Å². The van der Waals surface area contributed by atoms with E-state index in [4.69, 9.17) is 0 Å². The zero-order valence-corrected chi connectivity index (χ0v) is 18.1. The smallest absolute Gasteiger partial charge is 0.0681 e. The molecule has 2 heterocycles. The number of thioether (sulfide) groups is 1.